The Labute approximate surface area is 168 Å². The molecule has 2 atom stereocenters. The van der Waals surface area contributed by atoms with Crippen LogP contribution in [0.1, 0.15) is 48.7 Å². The molecule has 0 N–H and O–H groups in total. The first-order valence-corrected chi connectivity index (χ1v) is 10.6. The maximum Gasteiger partial charge on any atom is 0.329 e. The highest BCUT2D eigenvalue weighted by molar-refractivity contribution is 7.18. The van der Waals surface area contributed by atoms with Crippen LogP contribution in [-0.2, 0) is 29.0 Å². The van der Waals surface area contributed by atoms with Gasteiger partial charge in [-0.15, -0.1) is 11.3 Å². The number of carbonyl (C=O) groups is 1. The molecule has 0 saturated carbocycles. The van der Waals surface area contributed by atoms with Gasteiger partial charge in [-0.05, 0) is 42.7 Å². The number of hydrogen-bond donors (Lipinski definition) is 0. The molecule has 1 aromatic carbocycles. The van der Waals surface area contributed by atoms with E-state index in [2.05, 4.69) is 11.9 Å². The molecule has 1 aliphatic carbocycles. The molecular formula is C22H24N2O3S. The Morgan fingerprint density at radius 2 is 2.14 bits per heavy atom. The van der Waals surface area contributed by atoms with Crippen LogP contribution in [0, 0.1) is 5.92 Å². The minimum Gasteiger partial charge on any atom is -0.459 e. The van der Waals surface area contributed by atoms with E-state index in [1.807, 2.05) is 37.3 Å². The number of ether oxygens (including phenoxy) is 1. The monoisotopic (exact) mass is 396 g/mol. The van der Waals surface area contributed by atoms with Crippen LogP contribution in [0.3, 0.4) is 0 Å². The predicted molar refractivity (Wildman–Crippen MR) is 111 cm³/mol. The Hall–Kier alpha value is -2.47. The Kier molecular flexibility index (Phi) is 5.31. The Balaban J connectivity index is 1.64. The first kappa shape index (κ1) is 18.9. The number of benzene rings is 1. The Morgan fingerprint density at radius 1 is 1.36 bits per heavy atom. The lowest BCUT2D eigenvalue weighted by Crippen LogP contribution is -2.31. The van der Waals surface area contributed by atoms with Gasteiger partial charge < -0.3 is 4.74 Å². The van der Waals surface area contributed by atoms with Gasteiger partial charge in [0.05, 0.1) is 11.7 Å². The zero-order chi connectivity index (χ0) is 19.7. The number of fused-ring (bicyclic) bond motifs is 3. The molecule has 3 aromatic rings. The van der Waals surface area contributed by atoms with E-state index in [4.69, 9.17) is 4.74 Å². The number of thiophene rings is 1. The van der Waals surface area contributed by atoms with Gasteiger partial charge in [0.1, 0.15) is 17.5 Å². The molecule has 0 bridgehead atoms. The van der Waals surface area contributed by atoms with Gasteiger partial charge in [0.15, 0.2) is 0 Å². The topological polar surface area (TPSA) is 61.2 Å². The second-order valence-electron chi connectivity index (χ2n) is 7.51. The summed E-state index contributed by atoms with van der Waals surface area (Å²) in [5, 5.41) is 0.698. The van der Waals surface area contributed by atoms with E-state index in [0.717, 1.165) is 35.2 Å². The fourth-order valence-electron chi connectivity index (χ4n) is 3.87. The van der Waals surface area contributed by atoms with Gasteiger partial charge in [0, 0.05) is 4.88 Å². The number of esters is 1. The molecule has 1 aliphatic rings. The minimum atomic E-state index is -0.661. The molecule has 6 heteroatoms. The van der Waals surface area contributed by atoms with Gasteiger partial charge in [0.25, 0.3) is 5.56 Å². The molecule has 0 radical (unpaired) electrons. The lowest BCUT2D eigenvalue weighted by atomic mass is 9.89. The average Bonchev–Trinajstić information content (AvgIpc) is 3.07. The quantitative estimate of drug-likeness (QED) is 0.604. The Bertz CT molecular complexity index is 1050. The number of rotatable bonds is 5. The molecule has 2 heterocycles. The largest absolute Gasteiger partial charge is 0.459 e. The van der Waals surface area contributed by atoms with Gasteiger partial charge >= 0.3 is 5.97 Å². The lowest BCUT2D eigenvalue weighted by Gasteiger charge is -2.18. The van der Waals surface area contributed by atoms with Gasteiger partial charge in [-0.25, -0.2) is 9.78 Å². The van der Waals surface area contributed by atoms with Crippen molar-refractivity contribution in [1.82, 2.24) is 9.55 Å². The third kappa shape index (κ3) is 3.49. The fourth-order valence-corrected chi connectivity index (χ4v) is 5.21. The second-order valence-corrected chi connectivity index (χ2v) is 8.59. The normalized spacial score (nSPS) is 17.3. The molecule has 2 aromatic heterocycles. The summed E-state index contributed by atoms with van der Waals surface area (Å²) >= 11 is 1.62. The number of nitrogens with zero attached hydrogens (tertiary/aromatic N) is 2. The summed E-state index contributed by atoms with van der Waals surface area (Å²) in [6.07, 6.45) is 4.99. The highest BCUT2D eigenvalue weighted by Gasteiger charge is 2.27. The average molecular weight is 397 g/mol. The molecular weight excluding hydrogens is 372 g/mol. The van der Waals surface area contributed by atoms with Crippen molar-refractivity contribution in [1.29, 1.82) is 0 Å². The summed E-state index contributed by atoms with van der Waals surface area (Å²) in [5.41, 5.74) is 1.94. The summed E-state index contributed by atoms with van der Waals surface area (Å²) in [4.78, 5) is 32.5. The van der Waals surface area contributed by atoms with Crippen LogP contribution in [0.25, 0.3) is 10.2 Å². The maximum atomic E-state index is 13.2. The molecule has 28 heavy (non-hydrogen) atoms. The molecule has 0 fully saturated rings. The number of aryl methyl sites for hydroxylation is 1. The predicted octanol–water partition coefficient (Wildman–Crippen LogP) is 4.28. The fraction of sp³-hybridized carbons (Fsp3) is 0.409. The van der Waals surface area contributed by atoms with E-state index in [9.17, 15) is 9.59 Å². The van der Waals surface area contributed by atoms with Crippen LogP contribution in [-0.4, -0.2) is 15.5 Å². The second kappa shape index (κ2) is 7.87. The lowest BCUT2D eigenvalue weighted by molar-refractivity contribution is -0.149. The summed E-state index contributed by atoms with van der Waals surface area (Å²) in [6, 6.07) is 8.89. The summed E-state index contributed by atoms with van der Waals surface area (Å²) in [5.74, 6) is 0.242. The standard InChI is InChI=1S/C22H24N2O3S/c1-3-17(22(26)27-12-15-7-5-4-6-8-15)24-13-23-20-19(21(24)25)16-10-9-14(2)11-18(16)28-20/h4-8,13-14,17H,3,9-12H2,1-2H3/t14-,17+/m0/s1. The maximum absolute atomic E-state index is 13.2. The van der Waals surface area contributed by atoms with Crippen LogP contribution in [0.2, 0.25) is 0 Å². The molecule has 4 rings (SSSR count). The van der Waals surface area contributed by atoms with E-state index in [-0.39, 0.29) is 12.2 Å². The van der Waals surface area contributed by atoms with Gasteiger partial charge in [-0.1, -0.05) is 44.2 Å². The first-order valence-electron chi connectivity index (χ1n) is 9.80. The van der Waals surface area contributed by atoms with Gasteiger partial charge in [-0.2, -0.15) is 0 Å². The van der Waals surface area contributed by atoms with E-state index < -0.39 is 12.0 Å². The van der Waals surface area contributed by atoms with Crippen molar-refractivity contribution in [2.24, 2.45) is 5.92 Å². The van der Waals surface area contributed by atoms with Gasteiger partial charge in [-0.3, -0.25) is 9.36 Å². The molecule has 0 aliphatic heterocycles. The number of carbonyl (C=O) groups excluding carboxylic acids is 1. The SMILES string of the molecule is CC[C@H](C(=O)OCc1ccccc1)n1cnc2sc3c(c2c1=O)CC[C@H](C)C3. The van der Waals surface area contributed by atoms with Crippen molar-refractivity contribution in [3.8, 4) is 0 Å². The van der Waals surface area contributed by atoms with Gasteiger partial charge in [0.2, 0.25) is 0 Å². The van der Waals surface area contributed by atoms with Crippen LogP contribution < -0.4 is 5.56 Å². The smallest absolute Gasteiger partial charge is 0.329 e. The molecule has 146 valence electrons. The Morgan fingerprint density at radius 3 is 2.89 bits per heavy atom. The number of hydrogen-bond acceptors (Lipinski definition) is 5. The van der Waals surface area contributed by atoms with E-state index in [1.54, 1.807) is 11.3 Å². The molecule has 0 spiro atoms. The third-order valence-corrected chi connectivity index (χ3v) is 6.62. The van der Waals surface area contributed by atoms with Crippen molar-refractivity contribution in [3.05, 3.63) is 63.0 Å². The minimum absolute atomic E-state index is 0.124. The third-order valence-electron chi connectivity index (χ3n) is 5.46. The van der Waals surface area contributed by atoms with Crippen molar-refractivity contribution < 1.29 is 9.53 Å². The van der Waals surface area contributed by atoms with E-state index in [1.165, 1.54) is 15.8 Å². The van der Waals surface area contributed by atoms with Crippen LogP contribution in [0.4, 0.5) is 0 Å². The molecule has 0 unspecified atom stereocenters. The zero-order valence-corrected chi connectivity index (χ0v) is 17.0. The summed E-state index contributed by atoms with van der Waals surface area (Å²) < 4.78 is 6.95. The molecule has 5 nitrogen and oxygen atoms in total. The van der Waals surface area contributed by atoms with Crippen LogP contribution in [0.15, 0.2) is 41.5 Å². The zero-order valence-electron chi connectivity index (χ0n) is 16.2. The van der Waals surface area contributed by atoms with Crippen LogP contribution in [0.5, 0.6) is 0 Å². The number of aromatic nitrogens is 2. The van der Waals surface area contributed by atoms with Crippen LogP contribution >= 0.6 is 11.3 Å². The highest BCUT2D eigenvalue weighted by atomic mass is 32.1. The van der Waals surface area contributed by atoms with Crippen molar-refractivity contribution in [3.63, 3.8) is 0 Å². The molecule has 0 saturated heterocycles. The van der Waals surface area contributed by atoms with Crippen molar-refractivity contribution in [2.45, 2.75) is 52.2 Å². The summed E-state index contributed by atoms with van der Waals surface area (Å²) in [6.45, 7) is 4.33. The summed E-state index contributed by atoms with van der Waals surface area (Å²) in [7, 11) is 0. The highest BCUT2D eigenvalue weighted by Crippen LogP contribution is 2.35. The van der Waals surface area contributed by atoms with E-state index in [0.29, 0.717) is 17.7 Å². The molecule has 0 amide bonds. The van der Waals surface area contributed by atoms with E-state index >= 15 is 0 Å². The van der Waals surface area contributed by atoms with Crippen molar-refractivity contribution in [2.75, 3.05) is 0 Å². The van der Waals surface area contributed by atoms with Crippen molar-refractivity contribution >= 4 is 27.5 Å². The first-order chi connectivity index (χ1) is 13.6.